The van der Waals surface area contributed by atoms with Crippen molar-refractivity contribution in [2.75, 3.05) is 0 Å². The molecular formula is C44H30. The maximum atomic E-state index is 9.82. The first kappa shape index (κ1) is 19.5. The number of benzene rings is 8. The van der Waals surface area contributed by atoms with E-state index in [0.717, 1.165) is 22.3 Å². The largest absolute Gasteiger partial charge is 0.0636 e. The molecule has 8 aromatic rings. The van der Waals surface area contributed by atoms with Gasteiger partial charge in [-0.25, -0.2) is 0 Å². The van der Waals surface area contributed by atoms with E-state index < -0.39 is 0 Å². The number of rotatable bonds is 5. The summed E-state index contributed by atoms with van der Waals surface area (Å²) in [4.78, 5) is 0. The van der Waals surface area contributed by atoms with Gasteiger partial charge in [-0.1, -0.05) is 158 Å². The lowest BCUT2D eigenvalue weighted by atomic mass is 9.83. The van der Waals surface area contributed by atoms with Crippen LogP contribution >= 0.6 is 0 Å². The first-order valence-corrected chi connectivity index (χ1v) is 14.6. The third-order valence-electron chi connectivity index (χ3n) is 8.06. The van der Waals surface area contributed by atoms with Crippen LogP contribution in [-0.2, 0) is 0 Å². The lowest BCUT2D eigenvalue weighted by Crippen LogP contribution is -1.93. The molecule has 44 heavy (non-hydrogen) atoms. The van der Waals surface area contributed by atoms with Gasteiger partial charge in [0.05, 0.1) is 9.60 Å². The van der Waals surface area contributed by atoms with Crippen LogP contribution < -0.4 is 0 Å². The fourth-order valence-electron chi connectivity index (χ4n) is 6.02. The van der Waals surface area contributed by atoms with Crippen LogP contribution in [0.4, 0.5) is 0 Å². The van der Waals surface area contributed by atoms with E-state index in [4.69, 9.17) is 2.74 Å². The van der Waals surface area contributed by atoms with Crippen molar-refractivity contribution < 1.29 is 9.60 Å². The van der Waals surface area contributed by atoms with Crippen molar-refractivity contribution in [3.05, 3.63) is 182 Å². The highest BCUT2D eigenvalue weighted by Crippen LogP contribution is 2.46. The molecule has 0 saturated carbocycles. The van der Waals surface area contributed by atoms with E-state index >= 15 is 0 Å². The van der Waals surface area contributed by atoms with Gasteiger partial charge in [0.1, 0.15) is 0 Å². The maximum absolute atomic E-state index is 9.82. The first-order chi connectivity index (χ1) is 24.8. The first-order valence-electron chi connectivity index (χ1n) is 18.1. The highest BCUT2D eigenvalue weighted by atomic mass is 14.2. The van der Waals surface area contributed by atoms with E-state index in [9.17, 15) is 6.85 Å². The lowest BCUT2D eigenvalue weighted by Gasteiger charge is -2.20. The molecule has 8 rings (SSSR count). The SMILES string of the molecule is [2H]c1c([2H])c([2H])c2c(-c3ccccc3)c3c([2H])c(-c4ccccc4)c([2H])c([2H])c3c(-c3cc(-c4ccccc4)cc(-c4ccccc4)c3)c2c1[2H]. The minimum absolute atomic E-state index is 0.0223. The molecule has 0 aromatic heterocycles. The Balaban J connectivity index is 1.66. The molecule has 0 aliphatic heterocycles. The Bertz CT molecular complexity index is 2560. The van der Waals surface area contributed by atoms with Gasteiger partial charge in [-0.2, -0.15) is 0 Å². The second-order valence-electron chi connectivity index (χ2n) is 10.8. The normalized spacial score (nSPS) is 13.4. The highest BCUT2D eigenvalue weighted by Gasteiger charge is 2.18. The highest BCUT2D eigenvalue weighted by molar-refractivity contribution is 6.22. The second kappa shape index (κ2) is 11.2. The van der Waals surface area contributed by atoms with Crippen molar-refractivity contribution in [2.45, 2.75) is 0 Å². The monoisotopic (exact) mass is 565 g/mol. The standard InChI is InChI=1S/C44H30/c1-5-15-31(16-6-1)35-25-26-41-42(30-35)43(34-21-11-4-12-22-34)39-23-13-14-24-40(39)44(41)38-28-36(32-17-7-2-8-18-32)27-37(29-38)33-19-9-3-10-20-33/h1-30H/i13D,14D,23D,24D,25D,26D,30D. The van der Waals surface area contributed by atoms with Crippen molar-refractivity contribution in [3.63, 3.8) is 0 Å². The Labute approximate surface area is 268 Å². The molecule has 0 heteroatoms. The third kappa shape index (κ3) is 4.68. The van der Waals surface area contributed by atoms with Crippen LogP contribution in [0.3, 0.4) is 0 Å². The Kier molecular flexibility index (Phi) is 4.94. The minimum atomic E-state index is -0.390. The van der Waals surface area contributed by atoms with Gasteiger partial charge >= 0.3 is 0 Å². The van der Waals surface area contributed by atoms with Crippen LogP contribution in [0.5, 0.6) is 0 Å². The molecule has 0 atom stereocenters. The number of hydrogen-bond acceptors (Lipinski definition) is 0. The van der Waals surface area contributed by atoms with Gasteiger partial charge in [-0.3, -0.25) is 0 Å². The molecule has 8 aromatic carbocycles. The summed E-state index contributed by atoms with van der Waals surface area (Å²) in [5.74, 6) is 0. The molecule has 0 heterocycles. The molecule has 0 saturated heterocycles. The van der Waals surface area contributed by atoms with Crippen LogP contribution in [0.15, 0.2) is 182 Å². The van der Waals surface area contributed by atoms with Gasteiger partial charge in [0, 0.05) is 0 Å². The van der Waals surface area contributed by atoms with Gasteiger partial charge in [0.25, 0.3) is 0 Å². The molecule has 0 N–H and O–H groups in total. The van der Waals surface area contributed by atoms with E-state index in [2.05, 4.69) is 6.07 Å². The molecule has 0 fully saturated rings. The van der Waals surface area contributed by atoms with Crippen LogP contribution in [0.25, 0.3) is 77.2 Å². The summed E-state index contributed by atoms with van der Waals surface area (Å²) in [6.07, 6.45) is 0. The molecule has 0 aliphatic carbocycles. The van der Waals surface area contributed by atoms with Gasteiger partial charge in [-0.15, -0.1) is 0 Å². The summed E-state index contributed by atoms with van der Waals surface area (Å²) in [6.45, 7) is 0. The van der Waals surface area contributed by atoms with Crippen molar-refractivity contribution in [1.82, 2.24) is 0 Å². The molecule has 206 valence electrons. The van der Waals surface area contributed by atoms with Crippen molar-refractivity contribution in [3.8, 4) is 55.6 Å². The fourth-order valence-corrected chi connectivity index (χ4v) is 6.02. The zero-order valence-electron chi connectivity index (χ0n) is 30.8. The van der Waals surface area contributed by atoms with E-state index in [1.807, 2.05) is 133 Å². The average Bonchev–Trinajstić information content (AvgIpc) is 3.18. The van der Waals surface area contributed by atoms with Gasteiger partial charge in [-0.05, 0) is 101 Å². The molecule has 0 amide bonds. The Hall–Kier alpha value is -5.72. The second-order valence-corrected chi connectivity index (χ2v) is 10.8. The summed E-state index contributed by atoms with van der Waals surface area (Å²) < 4.78 is 65.3. The molecule has 0 unspecified atom stereocenters. The number of fused-ring (bicyclic) bond motifs is 2. The minimum Gasteiger partial charge on any atom is -0.0622 e. The quantitative estimate of drug-likeness (QED) is 0.182. The Morgan fingerprint density at radius 2 is 0.682 bits per heavy atom. The van der Waals surface area contributed by atoms with Gasteiger partial charge < -0.3 is 0 Å². The van der Waals surface area contributed by atoms with Crippen LogP contribution in [-0.4, -0.2) is 0 Å². The van der Waals surface area contributed by atoms with Crippen LogP contribution in [0.2, 0.25) is 0 Å². The van der Waals surface area contributed by atoms with Crippen LogP contribution in [0, 0.1) is 0 Å². The van der Waals surface area contributed by atoms with E-state index in [1.165, 1.54) is 0 Å². The van der Waals surface area contributed by atoms with E-state index in [-0.39, 0.29) is 53.1 Å². The van der Waals surface area contributed by atoms with Crippen LogP contribution in [0.1, 0.15) is 9.60 Å². The predicted octanol–water partition coefficient (Wildman–Crippen LogP) is 12.3. The summed E-state index contributed by atoms with van der Waals surface area (Å²) >= 11 is 0. The van der Waals surface area contributed by atoms with E-state index in [1.54, 1.807) is 0 Å². The smallest absolute Gasteiger partial charge is 0.0622 e. The molecular weight excluding hydrogens is 528 g/mol. The summed E-state index contributed by atoms with van der Waals surface area (Å²) in [5, 5.41) is 1.17. The van der Waals surface area contributed by atoms with Gasteiger partial charge in [0.2, 0.25) is 0 Å². The maximum Gasteiger partial charge on any atom is 0.0636 e. The third-order valence-corrected chi connectivity index (χ3v) is 8.06. The molecule has 0 aliphatic rings. The molecule has 0 spiro atoms. The van der Waals surface area contributed by atoms with Crippen molar-refractivity contribution in [2.24, 2.45) is 0 Å². The Morgan fingerprint density at radius 3 is 1.18 bits per heavy atom. The lowest BCUT2D eigenvalue weighted by molar-refractivity contribution is 1.58. The summed E-state index contributed by atoms with van der Waals surface area (Å²) in [7, 11) is 0. The van der Waals surface area contributed by atoms with Gasteiger partial charge in [0.15, 0.2) is 0 Å². The van der Waals surface area contributed by atoms with Crippen molar-refractivity contribution >= 4 is 21.5 Å². The zero-order valence-corrected chi connectivity index (χ0v) is 23.8. The average molecular weight is 566 g/mol. The predicted molar refractivity (Wildman–Crippen MR) is 189 cm³/mol. The number of hydrogen-bond donors (Lipinski definition) is 0. The van der Waals surface area contributed by atoms with Crippen molar-refractivity contribution in [1.29, 1.82) is 0 Å². The Morgan fingerprint density at radius 1 is 0.295 bits per heavy atom. The molecule has 0 bridgehead atoms. The van der Waals surface area contributed by atoms with E-state index in [0.29, 0.717) is 44.2 Å². The molecule has 0 nitrogen and oxygen atoms in total. The zero-order chi connectivity index (χ0) is 35.4. The topological polar surface area (TPSA) is 0 Å². The fraction of sp³-hybridized carbons (Fsp3) is 0. The summed E-state index contributed by atoms with van der Waals surface area (Å²) in [6, 6.07) is 42.9. The summed E-state index contributed by atoms with van der Waals surface area (Å²) in [5.41, 5.74) is 6.68. The molecule has 0 radical (unpaired) electrons.